The van der Waals surface area contributed by atoms with E-state index in [2.05, 4.69) is 14.8 Å². The molecule has 0 saturated carbocycles. The van der Waals surface area contributed by atoms with Gasteiger partial charge in [-0.05, 0) is 42.0 Å². The van der Waals surface area contributed by atoms with Gasteiger partial charge in [0.05, 0.1) is 22.5 Å². The summed E-state index contributed by atoms with van der Waals surface area (Å²) in [6.07, 6.45) is 1.63. The van der Waals surface area contributed by atoms with Gasteiger partial charge in [0.15, 0.2) is 11.6 Å². The maximum Gasteiger partial charge on any atom is 0.286 e. The van der Waals surface area contributed by atoms with Gasteiger partial charge in [-0.15, -0.1) is 15.7 Å². The Hall–Kier alpha value is -3.23. The molecule has 0 bridgehead atoms. The summed E-state index contributed by atoms with van der Waals surface area (Å²) in [5, 5.41) is 20.0. The summed E-state index contributed by atoms with van der Waals surface area (Å²) in [5.41, 5.74) is -0.646. The number of aromatic nitrogens is 2. The van der Waals surface area contributed by atoms with E-state index in [-0.39, 0.29) is 45.8 Å². The fraction of sp³-hybridized carbons (Fsp3) is 0.318. The van der Waals surface area contributed by atoms with Gasteiger partial charge in [-0.25, -0.2) is 13.1 Å². The Morgan fingerprint density at radius 1 is 1.25 bits per heavy atom. The van der Waals surface area contributed by atoms with Crippen molar-refractivity contribution in [2.24, 2.45) is 10.3 Å². The minimum atomic E-state index is -4.35. The number of nitrogens with one attached hydrogen (secondary N) is 1. The molecule has 36 heavy (non-hydrogen) atoms. The third kappa shape index (κ3) is 4.88. The van der Waals surface area contributed by atoms with E-state index in [1.807, 2.05) is 13.8 Å². The van der Waals surface area contributed by atoms with Crippen molar-refractivity contribution in [1.29, 1.82) is 0 Å². The lowest BCUT2D eigenvalue weighted by molar-refractivity contribution is 0.444. The van der Waals surface area contributed by atoms with Crippen molar-refractivity contribution >= 4 is 48.6 Å². The molecule has 1 aliphatic rings. The van der Waals surface area contributed by atoms with Crippen LogP contribution in [-0.2, 0) is 26.6 Å². The van der Waals surface area contributed by atoms with Crippen LogP contribution in [0.2, 0.25) is 0 Å². The van der Waals surface area contributed by atoms with Gasteiger partial charge >= 0.3 is 0 Å². The third-order valence-electron chi connectivity index (χ3n) is 5.61. The number of hydrogen-bond donors (Lipinski definition) is 2. The summed E-state index contributed by atoms with van der Waals surface area (Å²) < 4.78 is 56.0. The van der Waals surface area contributed by atoms with Crippen molar-refractivity contribution in [1.82, 2.24) is 9.78 Å². The molecule has 2 aromatic heterocycles. The highest BCUT2D eigenvalue weighted by atomic mass is 32.2. The Morgan fingerprint density at radius 3 is 2.58 bits per heavy atom. The first kappa shape index (κ1) is 25.9. The zero-order valence-corrected chi connectivity index (χ0v) is 22.4. The highest BCUT2D eigenvalue weighted by Gasteiger charge is 2.31. The number of anilines is 2. The monoisotopic (exact) mass is 551 g/mol. The predicted molar refractivity (Wildman–Crippen MR) is 140 cm³/mol. The first-order chi connectivity index (χ1) is 16.8. The van der Waals surface area contributed by atoms with Crippen LogP contribution in [0.1, 0.15) is 25.8 Å². The normalized spacial score (nSPS) is 14.8. The molecular formula is C22H25N5O6S3. The summed E-state index contributed by atoms with van der Waals surface area (Å²) in [6.45, 7) is 4.26. The summed E-state index contributed by atoms with van der Waals surface area (Å²) in [4.78, 5) is 13.7. The van der Waals surface area contributed by atoms with Crippen LogP contribution in [0.25, 0.3) is 10.6 Å². The Bertz CT molecular complexity index is 1620. The highest BCUT2D eigenvalue weighted by molar-refractivity contribution is 7.92. The molecule has 0 saturated heterocycles. The Balaban J connectivity index is 1.88. The quantitative estimate of drug-likeness (QED) is 0.455. The van der Waals surface area contributed by atoms with E-state index >= 15 is 0 Å². The number of rotatable bonds is 7. The van der Waals surface area contributed by atoms with Gasteiger partial charge in [0, 0.05) is 13.6 Å². The van der Waals surface area contributed by atoms with E-state index in [1.54, 1.807) is 17.5 Å². The van der Waals surface area contributed by atoms with Crippen molar-refractivity contribution in [2.75, 3.05) is 22.9 Å². The van der Waals surface area contributed by atoms with Gasteiger partial charge in [0.1, 0.15) is 16.2 Å². The molecule has 3 heterocycles. The number of benzene rings is 1. The molecule has 3 aromatic rings. The molecule has 192 valence electrons. The lowest BCUT2D eigenvalue weighted by atomic mass is 10.1. The fourth-order valence-electron chi connectivity index (χ4n) is 3.53. The maximum atomic E-state index is 13.4. The molecule has 2 N–H and O–H groups in total. The molecule has 0 fully saturated rings. The SMILES string of the molecule is CC(C)CCn1nc(-c2cccs2)c(O)c(C2=NS(=O)(=O)c3cc(N(C)S(C)(=O)=O)ccc3N2)c1=O. The largest absolute Gasteiger partial charge is 0.505 e. The van der Waals surface area contributed by atoms with Crippen LogP contribution >= 0.6 is 11.3 Å². The van der Waals surface area contributed by atoms with Crippen molar-refractivity contribution in [2.45, 2.75) is 31.7 Å². The number of sulfonamides is 2. The van der Waals surface area contributed by atoms with Crippen LogP contribution in [0.15, 0.2) is 49.8 Å². The molecule has 0 unspecified atom stereocenters. The summed E-state index contributed by atoms with van der Waals surface area (Å²) in [7, 11) is -6.68. The van der Waals surface area contributed by atoms with E-state index in [0.717, 1.165) is 10.6 Å². The van der Waals surface area contributed by atoms with Crippen LogP contribution in [0.3, 0.4) is 0 Å². The third-order valence-corrected chi connectivity index (χ3v) is 9.01. The smallest absolute Gasteiger partial charge is 0.286 e. The molecule has 0 spiro atoms. The van der Waals surface area contributed by atoms with Crippen molar-refractivity contribution in [3.8, 4) is 16.3 Å². The van der Waals surface area contributed by atoms with E-state index < -0.39 is 31.4 Å². The van der Waals surface area contributed by atoms with E-state index in [4.69, 9.17) is 0 Å². The number of hydrogen-bond acceptors (Lipinski definition) is 9. The molecule has 4 rings (SSSR count). The number of aryl methyl sites for hydroxylation is 1. The second-order valence-corrected chi connectivity index (χ2v) is 13.2. The predicted octanol–water partition coefficient (Wildman–Crippen LogP) is 2.68. The number of fused-ring (bicyclic) bond motifs is 1. The summed E-state index contributed by atoms with van der Waals surface area (Å²) in [5.74, 6) is -0.549. The zero-order valence-electron chi connectivity index (χ0n) is 20.0. The van der Waals surface area contributed by atoms with Crippen molar-refractivity contribution in [3.63, 3.8) is 0 Å². The molecule has 0 radical (unpaired) electrons. The lowest BCUT2D eigenvalue weighted by Crippen LogP contribution is -2.34. The molecule has 0 atom stereocenters. The average molecular weight is 552 g/mol. The van der Waals surface area contributed by atoms with Crippen LogP contribution in [0.4, 0.5) is 11.4 Å². The first-order valence-corrected chi connectivity index (χ1v) is 15.0. The van der Waals surface area contributed by atoms with Crippen LogP contribution in [0, 0.1) is 5.92 Å². The van der Waals surface area contributed by atoms with E-state index in [0.29, 0.717) is 11.3 Å². The van der Waals surface area contributed by atoms with Gasteiger partial charge < -0.3 is 10.4 Å². The van der Waals surface area contributed by atoms with Crippen molar-refractivity contribution < 1.29 is 21.9 Å². The van der Waals surface area contributed by atoms with Gasteiger partial charge in [0.25, 0.3) is 15.6 Å². The van der Waals surface area contributed by atoms with Gasteiger partial charge in [-0.2, -0.15) is 13.5 Å². The van der Waals surface area contributed by atoms with Gasteiger partial charge in [-0.1, -0.05) is 19.9 Å². The van der Waals surface area contributed by atoms with E-state index in [1.165, 1.54) is 41.3 Å². The highest BCUT2D eigenvalue weighted by Crippen LogP contribution is 2.36. The Morgan fingerprint density at radius 2 is 1.97 bits per heavy atom. The second-order valence-electron chi connectivity index (χ2n) is 8.71. The molecule has 0 aliphatic carbocycles. The van der Waals surface area contributed by atoms with Gasteiger partial charge in [0.2, 0.25) is 10.0 Å². The minimum absolute atomic E-state index is 0.0904. The van der Waals surface area contributed by atoms with Crippen LogP contribution in [-0.4, -0.2) is 50.9 Å². The van der Waals surface area contributed by atoms with Crippen LogP contribution in [0.5, 0.6) is 5.75 Å². The topological polar surface area (TPSA) is 151 Å². The second kappa shape index (κ2) is 9.33. The molecular weight excluding hydrogens is 526 g/mol. The number of amidine groups is 1. The number of aromatic hydroxyl groups is 1. The Kier molecular flexibility index (Phi) is 6.70. The average Bonchev–Trinajstić information content (AvgIpc) is 3.31. The number of thiophene rings is 1. The van der Waals surface area contributed by atoms with Crippen LogP contribution < -0.4 is 15.2 Å². The van der Waals surface area contributed by atoms with Crippen molar-refractivity contribution in [3.05, 3.63) is 51.6 Å². The maximum absolute atomic E-state index is 13.4. The number of nitrogens with zero attached hydrogens (tertiary/aromatic N) is 4. The Labute approximate surface area is 212 Å². The van der Waals surface area contributed by atoms with Gasteiger partial charge in [-0.3, -0.25) is 9.10 Å². The summed E-state index contributed by atoms with van der Waals surface area (Å²) in [6, 6.07) is 7.50. The molecule has 1 aromatic carbocycles. The zero-order chi connectivity index (χ0) is 26.4. The van der Waals surface area contributed by atoms with E-state index in [9.17, 15) is 26.7 Å². The summed E-state index contributed by atoms with van der Waals surface area (Å²) >= 11 is 1.31. The molecule has 1 aliphatic heterocycles. The molecule has 11 nitrogen and oxygen atoms in total. The molecule has 14 heteroatoms. The minimum Gasteiger partial charge on any atom is -0.505 e. The fourth-order valence-corrected chi connectivity index (χ4v) is 5.88. The molecule has 0 amide bonds. The lowest BCUT2D eigenvalue weighted by Gasteiger charge is -2.22. The standard InChI is InChI=1S/C22H25N5O6S3/c1-13(2)9-10-27-22(29)18(20(28)19(24-27)16-6-5-11-34-16)21-23-15-8-7-14(26(3)35(4,30)31)12-17(15)36(32,33)25-21/h5-8,11-13,28H,9-10H2,1-4H3,(H,23,25). The first-order valence-electron chi connectivity index (χ1n) is 10.9.